The normalized spacial score (nSPS) is 33.5. The molecule has 4 nitrogen and oxygen atoms in total. The van der Waals surface area contributed by atoms with Gasteiger partial charge >= 0.3 is 0 Å². The van der Waals surface area contributed by atoms with Crippen molar-refractivity contribution in [2.75, 3.05) is 19.8 Å². The van der Waals surface area contributed by atoms with Gasteiger partial charge in [0.25, 0.3) is 0 Å². The largest absolute Gasteiger partial charge is 0.396 e. The zero-order valence-corrected chi connectivity index (χ0v) is 11.6. The standard InChI is InChI=1S/C16H23NO3/c18-9-13-12(15-6-7-16(13)20-15)8-17-14(10-19)11-4-2-1-3-5-11/h1-5,12-19H,6-10H2/t12-,13+,14?,15-,16+/m0/s1. The number of fused-ring (bicyclic) bond motifs is 2. The van der Waals surface area contributed by atoms with Crippen LogP contribution in [0.15, 0.2) is 30.3 Å². The molecule has 2 aliphatic rings. The maximum atomic E-state index is 9.57. The van der Waals surface area contributed by atoms with Crippen LogP contribution >= 0.6 is 0 Å². The van der Waals surface area contributed by atoms with E-state index < -0.39 is 0 Å². The Labute approximate surface area is 119 Å². The molecule has 0 aromatic heterocycles. The second kappa shape index (κ2) is 6.22. The molecular formula is C16H23NO3. The Morgan fingerprint density at radius 3 is 2.45 bits per heavy atom. The van der Waals surface area contributed by atoms with Crippen LogP contribution in [0.2, 0.25) is 0 Å². The third-order valence-corrected chi connectivity index (χ3v) is 4.79. The highest BCUT2D eigenvalue weighted by atomic mass is 16.5. The lowest BCUT2D eigenvalue weighted by Crippen LogP contribution is -2.39. The topological polar surface area (TPSA) is 61.7 Å². The Morgan fingerprint density at radius 1 is 1.10 bits per heavy atom. The molecule has 2 bridgehead atoms. The van der Waals surface area contributed by atoms with Crippen molar-refractivity contribution in [2.24, 2.45) is 11.8 Å². The summed E-state index contributed by atoms with van der Waals surface area (Å²) in [4.78, 5) is 0. The number of aliphatic hydroxyl groups excluding tert-OH is 2. The molecule has 4 heteroatoms. The summed E-state index contributed by atoms with van der Waals surface area (Å²) < 4.78 is 5.90. The molecule has 2 heterocycles. The monoisotopic (exact) mass is 277 g/mol. The molecule has 0 saturated carbocycles. The third kappa shape index (κ3) is 2.61. The van der Waals surface area contributed by atoms with E-state index in [2.05, 4.69) is 5.32 Å². The molecule has 5 atom stereocenters. The van der Waals surface area contributed by atoms with Crippen LogP contribution in [0.25, 0.3) is 0 Å². The fourth-order valence-electron chi connectivity index (χ4n) is 3.66. The first kappa shape index (κ1) is 14.0. The van der Waals surface area contributed by atoms with Crippen molar-refractivity contribution in [2.45, 2.75) is 31.1 Å². The first-order valence-electron chi connectivity index (χ1n) is 7.49. The molecule has 2 saturated heterocycles. The molecule has 1 aromatic rings. The highest BCUT2D eigenvalue weighted by molar-refractivity contribution is 5.19. The first-order valence-corrected chi connectivity index (χ1v) is 7.49. The number of hydrogen-bond acceptors (Lipinski definition) is 4. The molecule has 2 aliphatic heterocycles. The highest BCUT2D eigenvalue weighted by Gasteiger charge is 2.48. The van der Waals surface area contributed by atoms with Crippen molar-refractivity contribution in [3.63, 3.8) is 0 Å². The van der Waals surface area contributed by atoms with Crippen molar-refractivity contribution in [1.82, 2.24) is 5.32 Å². The molecule has 20 heavy (non-hydrogen) atoms. The smallest absolute Gasteiger partial charge is 0.0634 e. The second-order valence-corrected chi connectivity index (χ2v) is 5.85. The predicted octanol–water partition coefficient (Wildman–Crippen LogP) is 1.10. The maximum Gasteiger partial charge on any atom is 0.0634 e. The molecule has 1 aromatic carbocycles. The van der Waals surface area contributed by atoms with E-state index in [0.717, 1.165) is 24.9 Å². The molecule has 110 valence electrons. The first-order chi connectivity index (χ1) is 9.83. The van der Waals surface area contributed by atoms with Crippen LogP contribution in [0.1, 0.15) is 24.4 Å². The maximum absolute atomic E-state index is 9.57. The lowest BCUT2D eigenvalue weighted by atomic mass is 9.79. The van der Waals surface area contributed by atoms with Crippen LogP contribution in [0.3, 0.4) is 0 Å². The zero-order valence-electron chi connectivity index (χ0n) is 11.6. The van der Waals surface area contributed by atoms with Gasteiger partial charge in [-0.3, -0.25) is 0 Å². The summed E-state index contributed by atoms with van der Waals surface area (Å²) >= 11 is 0. The van der Waals surface area contributed by atoms with Crippen LogP contribution in [0.5, 0.6) is 0 Å². The fourth-order valence-corrected chi connectivity index (χ4v) is 3.66. The minimum atomic E-state index is -0.0466. The van der Waals surface area contributed by atoms with E-state index in [9.17, 15) is 10.2 Å². The van der Waals surface area contributed by atoms with Crippen molar-refractivity contribution < 1.29 is 14.9 Å². The second-order valence-electron chi connectivity index (χ2n) is 5.85. The van der Waals surface area contributed by atoms with Gasteiger partial charge in [0.2, 0.25) is 0 Å². The third-order valence-electron chi connectivity index (χ3n) is 4.79. The minimum absolute atomic E-state index is 0.0466. The number of rotatable bonds is 6. The fraction of sp³-hybridized carbons (Fsp3) is 0.625. The van der Waals surface area contributed by atoms with Crippen LogP contribution in [0.4, 0.5) is 0 Å². The Balaban J connectivity index is 1.61. The minimum Gasteiger partial charge on any atom is -0.396 e. The Bertz CT molecular complexity index is 425. The summed E-state index contributed by atoms with van der Waals surface area (Å²) in [5.41, 5.74) is 1.10. The predicted molar refractivity (Wildman–Crippen MR) is 76.2 cm³/mol. The van der Waals surface area contributed by atoms with Crippen molar-refractivity contribution >= 4 is 0 Å². The van der Waals surface area contributed by atoms with Crippen molar-refractivity contribution in [3.05, 3.63) is 35.9 Å². The molecule has 3 rings (SSSR count). The summed E-state index contributed by atoms with van der Waals surface area (Å²) in [6.45, 7) is 1.06. The van der Waals surface area contributed by atoms with E-state index in [1.165, 1.54) is 0 Å². The van der Waals surface area contributed by atoms with Gasteiger partial charge in [0.05, 0.1) is 24.9 Å². The zero-order chi connectivity index (χ0) is 13.9. The Kier molecular flexibility index (Phi) is 4.36. The molecule has 1 unspecified atom stereocenters. The summed E-state index contributed by atoms with van der Waals surface area (Å²) in [5, 5.41) is 22.5. The Hall–Kier alpha value is -0.940. The van der Waals surface area contributed by atoms with Crippen LogP contribution in [-0.4, -0.2) is 42.2 Å². The van der Waals surface area contributed by atoms with Gasteiger partial charge in [-0.1, -0.05) is 30.3 Å². The van der Waals surface area contributed by atoms with E-state index in [0.29, 0.717) is 5.92 Å². The van der Waals surface area contributed by atoms with Gasteiger partial charge in [0.15, 0.2) is 0 Å². The quantitative estimate of drug-likeness (QED) is 0.728. The van der Waals surface area contributed by atoms with Crippen molar-refractivity contribution in [3.8, 4) is 0 Å². The van der Waals surface area contributed by atoms with Gasteiger partial charge in [0, 0.05) is 25.0 Å². The lowest BCUT2D eigenvalue weighted by Gasteiger charge is -2.28. The number of aliphatic hydroxyl groups is 2. The van der Waals surface area contributed by atoms with Crippen LogP contribution in [-0.2, 0) is 4.74 Å². The molecule has 0 amide bonds. The van der Waals surface area contributed by atoms with Gasteiger partial charge in [-0.15, -0.1) is 0 Å². The molecule has 0 aliphatic carbocycles. The van der Waals surface area contributed by atoms with E-state index in [-0.39, 0.29) is 37.4 Å². The molecule has 0 radical (unpaired) electrons. The highest BCUT2D eigenvalue weighted by Crippen LogP contribution is 2.43. The molecule has 0 spiro atoms. The van der Waals surface area contributed by atoms with Gasteiger partial charge in [0.1, 0.15) is 0 Å². The number of ether oxygens (including phenoxy) is 1. The summed E-state index contributed by atoms with van der Waals surface area (Å²) in [6, 6.07) is 9.94. The summed E-state index contributed by atoms with van der Waals surface area (Å²) in [5.74, 6) is 0.605. The van der Waals surface area contributed by atoms with Gasteiger partial charge < -0.3 is 20.3 Å². The van der Waals surface area contributed by atoms with Crippen LogP contribution in [0, 0.1) is 11.8 Å². The van der Waals surface area contributed by atoms with Gasteiger partial charge in [-0.05, 0) is 18.4 Å². The van der Waals surface area contributed by atoms with Gasteiger partial charge in [-0.25, -0.2) is 0 Å². The SMILES string of the molecule is OCC(NC[C@H]1[C@@H](CO)[C@H]2CC[C@@H]1O2)c1ccccc1. The van der Waals surface area contributed by atoms with E-state index in [1.54, 1.807) is 0 Å². The van der Waals surface area contributed by atoms with E-state index in [4.69, 9.17) is 4.74 Å². The van der Waals surface area contributed by atoms with Crippen LogP contribution < -0.4 is 5.32 Å². The van der Waals surface area contributed by atoms with Gasteiger partial charge in [-0.2, -0.15) is 0 Å². The summed E-state index contributed by atoms with van der Waals surface area (Å²) in [7, 11) is 0. The van der Waals surface area contributed by atoms with Crippen molar-refractivity contribution in [1.29, 1.82) is 0 Å². The summed E-state index contributed by atoms with van der Waals surface area (Å²) in [6.07, 6.45) is 2.69. The average Bonchev–Trinajstić information content (AvgIpc) is 3.09. The number of hydrogen-bond donors (Lipinski definition) is 3. The van der Waals surface area contributed by atoms with E-state index in [1.807, 2.05) is 30.3 Å². The number of nitrogens with one attached hydrogen (secondary N) is 1. The number of benzene rings is 1. The Morgan fingerprint density at radius 2 is 1.80 bits per heavy atom. The lowest BCUT2D eigenvalue weighted by molar-refractivity contribution is 0.0785. The molecule has 3 N–H and O–H groups in total. The molecule has 2 fully saturated rings. The average molecular weight is 277 g/mol. The van der Waals surface area contributed by atoms with E-state index >= 15 is 0 Å². The molecular weight excluding hydrogens is 254 g/mol.